The van der Waals surface area contributed by atoms with E-state index in [1.807, 2.05) is 36.5 Å². The number of hydrogen-bond donors (Lipinski definition) is 3. The Morgan fingerprint density at radius 2 is 2.18 bits per heavy atom. The van der Waals surface area contributed by atoms with Crippen LogP contribution in [0.25, 0.3) is 5.52 Å². The number of aliphatic hydroxyl groups is 1. The minimum absolute atomic E-state index is 0.0769. The topological polar surface area (TPSA) is 107 Å². The van der Waals surface area contributed by atoms with Crippen molar-refractivity contribution < 1.29 is 36.6 Å². The number of nitrogens with two attached hydrogens (primary N) is 1. The minimum atomic E-state index is -1.60. The van der Waals surface area contributed by atoms with Crippen LogP contribution in [0.2, 0.25) is 8.76 Å². The van der Waals surface area contributed by atoms with Crippen molar-refractivity contribution in [2.45, 2.75) is 27.7 Å². The van der Waals surface area contributed by atoms with E-state index in [1.165, 1.54) is 6.33 Å². The molecule has 1 atom stereocenters. The Balaban J connectivity index is 1.87. The van der Waals surface area contributed by atoms with E-state index in [9.17, 15) is 5.11 Å². The first-order chi connectivity index (χ1) is 13.6. The maximum absolute atomic E-state index is 9.39. The van der Waals surface area contributed by atoms with Crippen LogP contribution in [0.5, 0.6) is 11.5 Å². The van der Waals surface area contributed by atoms with Gasteiger partial charge in [-0.25, -0.2) is 0 Å². The molecular formula is C19H26AtN5O3. The van der Waals surface area contributed by atoms with E-state index in [1.54, 1.807) is 11.6 Å². The van der Waals surface area contributed by atoms with E-state index in [4.69, 9.17) is 13.2 Å². The zero-order valence-corrected chi connectivity index (χ0v) is 18.9. The molecule has 152 valence electrons. The zero-order chi connectivity index (χ0) is 19.9. The van der Waals surface area contributed by atoms with Gasteiger partial charge in [-0.15, -0.1) is 0 Å². The van der Waals surface area contributed by atoms with Gasteiger partial charge >= 0.3 is 166 Å². The zero-order valence-electron chi connectivity index (χ0n) is 16.0. The average molecular weight is 582 g/mol. The van der Waals surface area contributed by atoms with Crippen molar-refractivity contribution in [2.24, 2.45) is 3.68 Å². The van der Waals surface area contributed by atoms with Gasteiger partial charge in [-0.3, -0.25) is 0 Å². The Labute approximate surface area is 172 Å². The fourth-order valence-corrected chi connectivity index (χ4v) is 5.11. The number of nitrogens with one attached hydrogen (secondary N) is 1. The molecule has 0 unspecified atom stereocenters. The van der Waals surface area contributed by atoms with Crippen LogP contribution in [-0.2, 0) is 0 Å². The fraction of sp³-hybridized carbons (Fsp3) is 0.368. The van der Waals surface area contributed by atoms with Crippen LogP contribution in [0.1, 0.15) is 12.8 Å². The maximum atomic E-state index is 9.39. The Kier molecular flexibility index (Phi) is 7.42. The molecule has 1 aromatic carbocycles. The molecule has 3 rings (SSSR count). The Morgan fingerprint density at radius 1 is 1.32 bits per heavy atom. The van der Waals surface area contributed by atoms with Crippen molar-refractivity contribution in [3.05, 3.63) is 42.9 Å². The summed E-state index contributed by atoms with van der Waals surface area (Å²) in [6.07, 6.45) is 4.66. The first-order valence-corrected chi connectivity index (χ1v) is 15.6. The average Bonchev–Trinajstić information content (AvgIpc) is 3.10. The molecule has 0 fully saturated rings. The summed E-state index contributed by atoms with van der Waals surface area (Å²) in [5.74, 6) is 2.07. The fourth-order valence-electron chi connectivity index (χ4n) is 2.83. The van der Waals surface area contributed by atoms with Crippen LogP contribution in [0.3, 0.4) is 0 Å². The number of nitrogens with zero attached hydrogens (tertiary/aromatic N) is 3. The molecule has 0 amide bonds. The summed E-state index contributed by atoms with van der Waals surface area (Å²) in [6.45, 7) is 0.0769. The molecule has 0 saturated heterocycles. The number of anilines is 2. The molecule has 0 aliphatic rings. The van der Waals surface area contributed by atoms with Crippen LogP contribution >= 0.6 is 0 Å². The number of ether oxygens (including phenoxy) is 2. The molecular weight excluding hydrogens is 556 g/mol. The molecule has 0 bridgehead atoms. The third-order valence-corrected chi connectivity index (χ3v) is 7.39. The molecule has 3 aromatic rings. The molecule has 0 spiro atoms. The van der Waals surface area contributed by atoms with Gasteiger partial charge < -0.3 is 0 Å². The monoisotopic (exact) mass is 582 g/mol. The second-order valence-electron chi connectivity index (χ2n) is 6.31. The Morgan fingerprint density at radius 3 is 2.93 bits per heavy atom. The molecule has 4 N–H and O–H groups in total. The summed E-state index contributed by atoms with van der Waals surface area (Å²) >= 11 is -1.60. The van der Waals surface area contributed by atoms with Crippen LogP contribution in [-0.4, -0.2) is 39.5 Å². The predicted molar refractivity (Wildman–Crippen MR) is 105 cm³/mol. The van der Waals surface area contributed by atoms with Crippen molar-refractivity contribution in [2.75, 3.05) is 19.0 Å². The van der Waals surface area contributed by atoms with E-state index in [-0.39, 0.29) is 12.7 Å². The van der Waals surface area contributed by atoms with Crippen LogP contribution in [0.4, 0.5) is 11.5 Å². The number of fused-ring (bicyclic) bond motifs is 1. The number of benzene rings is 1. The van der Waals surface area contributed by atoms with E-state index in [0.29, 0.717) is 18.0 Å². The second kappa shape index (κ2) is 10.0. The molecule has 0 saturated carbocycles. The molecule has 2 heterocycles. The van der Waals surface area contributed by atoms with E-state index >= 15 is 0 Å². The van der Waals surface area contributed by atoms with Gasteiger partial charge in [0.15, 0.2) is 0 Å². The molecule has 8 nitrogen and oxygen atoms in total. The molecule has 0 aliphatic heterocycles. The quantitative estimate of drug-likeness (QED) is 0.338. The van der Waals surface area contributed by atoms with Crippen LogP contribution in [0.15, 0.2) is 42.9 Å². The summed E-state index contributed by atoms with van der Waals surface area (Å²) in [5, 5.41) is 17.0. The van der Waals surface area contributed by atoms with Gasteiger partial charge in [-0.1, -0.05) is 0 Å². The van der Waals surface area contributed by atoms with E-state index < -0.39 is 22.0 Å². The van der Waals surface area contributed by atoms with Gasteiger partial charge in [0.05, 0.1) is 7.11 Å². The summed E-state index contributed by atoms with van der Waals surface area (Å²) in [6, 6.07) is 9.50. The van der Waals surface area contributed by atoms with Gasteiger partial charge in [0.2, 0.25) is 0 Å². The molecule has 0 radical (unpaired) electrons. The summed E-state index contributed by atoms with van der Waals surface area (Å²) < 4.78 is 22.5. The van der Waals surface area contributed by atoms with Gasteiger partial charge in [-0.05, 0) is 0 Å². The van der Waals surface area contributed by atoms with Gasteiger partial charge in [0.1, 0.15) is 0 Å². The van der Waals surface area contributed by atoms with E-state index in [2.05, 4.69) is 20.0 Å². The number of methoxy groups -OCH3 is 1. The number of rotatable bonds is 10. The standard InChI is InChI=1S/C19H26AtN5O3/c1-20(21)9-6-15(8-11-26)28-17-7-10-25-18(17)19(22-13-23-25)24-14-4-3-5-16(12-14)27-2/h3-5,7,10,12-13,15,26H,6,8-9,11,21H2,1-2H3,(H,22,23,24)/t15-/m0/s1. The van der Waals surface area contributed by atoms with Crippen LogP contribution in [0, 0.1) is 22.0 Å². The predicted octanol–water partition coefficient (Wildman–Crippen LogP) is 2.96. The van der Waals surface area contributed by atoms with Gasteiger partial charge in [0.25, 0.3) is 0 Å². The summed E-state index contributed by atoms with van der Waals surface area (Å²) in [7, 11) is 1.63. The molecule has 9 heteroatoms. The normalized spacial score (nSPS) is 12.6. The van der Waals surface area contributed by atoms with Crippen molar-refractivity contribution in [1.29, 1.82) is 0 Å². The third-order valence-electron chi connectivity index (χ3n) is 4.22. The first-order valence-electron chi connectivity index (χ1n) is 8.91. The van der Waals surface area contributed by atoms with Crippen LogP contribution < -0.4 is 18.5 Å². The Bertz CT molecular complexity index is 902. The van der Waals surface area contributed by atoms with Gasteiger partial charge in [-0.2, -0.15) is 0 Å². The second-order valence-corrected chi connectivity index (χ2v) is 12.8. The summed E-state index contributed by atoms with van der Waals surface area (Å²) in [5.41, 5.74) is 1.60. The van der Waals surface area contributed by atoms with Gasteiger partial charge in [0, 0.05) is 0 Å². The number of aliphatic hydroxyl groups excluding tert-OH is 1. The molecule has 28 heavy (non-hydrogen) atoms. The molecule has 0 aliphatic carbocycles. The van der Waals surface area contributed by atoms with E-state index in [0.717, 1.165) is 27.5 Å². The number of hydrogen-bond acceptors (Lipinski definition) is 7. The van der Waals surface area contributed by atoms with Crippen molar-refractivity contribution in [1.82, 2.24) is 14.6 Å². The van der Waals surface area contributed by atoms with Crippen molar-refractivity contribution >= 4 is 17.0 Å². The SMILES string of the molecule is COc1cccc(Nc2ncnn3ccc(O[C@H](CCO)CC[At](C)N)c23)c1. The Hall–Kier alpha value is -1.96. The first kappa shape index (κ1) is 20.8. The number of aromatic nitrogens is 3. The van der Waals surface area contributed by atoms with Crippen molar-refractivity contribution in [3.63, 3.8) is 0 Å². The molecule has 2 aromatic heterocycles. The van der Waals surface area contributed by atoms with Crippen molar-refractivity contribution in [3.8, 4) is 11.5 Å². The summed E-state index contributed by atoms with van der Waals surface area (Å²) in [4.78, 5) is 4.39. The third kappa shape index (κ3) is 5.31.